The zero-order chi connectivity index (χ0) is 18.7. The second kappa shape index (κ2) is 5.48. The highest BCUT2D eigenvalue weighted by Crippen LogP contribution is 2.53. The quantitative estimate of drug-likeness (QED) is 0.902. The number of carbonyl (C=O) groups excluding carboxylic acids is 1. The molecule has 1 atom stereocenters. The van der Waals surface area contributed by atoms with Gasteiger partial charge in [0.05, 0.1) is 14.2 Å². The SMILES string of the molecule is COc1cc2c(cc1OC)C1(O)N(CC2)C(=O)c2ccccc2C1(C)C. The first-order valence-electron chi connectivity index (χ1n) is 8.75. The van der Waals surface area contributed by atoms with Gasteiger partial charge in [-0.15, -0.1) is 0 Å². The van der Waals surface area contributed by atoms with Gasteiger partial charge in [-0.25, -0.2) is 0 Å². The van der Waals surface area contributed by atoms with Crippen molar-refractivity contribution in [3.63, 3.8) is 0 Å². The Bertz CT molecular complexity index is 905. The molecule has 0 bridgehead atoms. The highest BCUT2D eigenvalue weighted by atomic mass is 16.5. The lowest BCUT2D eigenvalue weighted by Gasteiger charge is -2.56. The molecular formula is C21H23NO4. The lowest BCUT2D eigenvalue weighted by molar-refractivity contribution is -0.154. The van der Waals surface area contributed by atoms with Crippen LogP contribution in [0.2, 0.25) is 0 Å². The molecule has 5 heteroatoms. The van der Waals surface area contributed by atoms with Crippen LogP contribution in [0.1, 0.15) is 40.9 Å². The zero-order valence-corrected chi connectivity index (χ0v) is 15.5. The molecule has 2 aromatic rings. The number of hydrogen-bond acceptors (Lipinski definition) is 4. The average molecular weight is 353 g/mol. The van der Waals surface area contributed by atoms with Crippen molar-refractivity contribution in [3.05, 3.63) is 58.7 Å². The van der Waals surface area contributed by atoms with Gasteiger partial charge in [0, 0.05) is 23.1 Å². The van der Waals surface area contributed by atoms with Gasteiger partial charge in [-0.2, -0.15) is 0 Å². The number of carbonyl (C=O) groups is 1. The fraction of sp³-hybridized carbons (Fsp3) is 0.381. The van der Waals surface area contributed by atoms with E-state index in [0.29, 0.717) is 35.6 Å². The van der Waals surface area contributed by atoms with Crippen molar-refractivity contribution < 1.29 is 19.4 Å². The summed E-state index contributed by atoms with van der Waals surface area (Å²) in [5, 5.41) is 12.0. The maximum absolute atomic E-state index is 13.1. The Morgan fingerprint density at radius 2 is 1.69 bits per heavy atom. The Morgan fingerprint density at radius 1 is 1.04 bits per heavy atom. The molecule has 1 amide bonds. The van der Waals surface area contributed by atoms with Gasteiger partial charge in [-0.05, 0) is 35.7 Å². The van der Waals surface area contributed by atoms with Crippen molar-refractivity contribution in [1.82, 2.24) is 4.90 Å². The van der Waals surface area contributed by atoms with Gasteiger partial charge in [0.2, 0.25) is 0 Å². The molecule has 0 spiro atoms. The third kappa shape index (κ3) is 1.92. The minimum Gasteiger partial charge on any atom is -0.493 e. The van der Waals surface area contributed by atoms with Crippen molar-refractivity contribution in [3.8, 4) is 11.5 Å². The van der Waals surface area contributed by atoms with Crippen LogP contribution in [-0.2, 0) is 17.6 Å². The van der Waals surface area contributed by atoms with E-state index >= 15 is 0 Å². The predicted octanol–water partition coefficient (Wildman–Crippen LogP) is 2.84. The summed E-state index contributed by atoms with van der Waals surface area (Å²) >= 11 is 0. The lowest BCUT2D eigenvalue weighted by Crippen LogP contribution is -2.65. The van der Waals surface area contributed by atoms with Gasteiger partial charge in [-0.3, -0.25) is 4.79 Å². The van der Waals surface area contributed by atoms with Gasteiger partial charge in [0.1, 0.15) is 0 Å². The first kappa shape index (κ1) is 16.9. The number of aliphatic hydroxyl groups is 1. The molecule has 0 saturated carbocycles. The summed E-state index contributed by atoms with van der Waals surface area (Å²) in [5.41, 5.74) is 1.05. The molecule has 26 heavy (non-hydrogen) atoms. The van der Waals surface area contributed by atoms with E-state index in [1.54, 1.807) is 19.1 Å². The fourth-order valence-electron chi connectivity index (χ4n) is 4.46. The molecule has 0 saturated heterocycles. The summed E-state index contributed by atoms with van der Waals surface area (Å²) in [4.78, 5) is 14.7. The van der Waals surface area contributed by atoms with E-state index in [1.807, 2.05) is 50.2 Å². The van der Waals surface area contributed by atoms with Crippen LogP contribution in [0.3, 0.4) is 0 Å². The molecule has 2 heterocycles. The molecule has 136 valence electrons. The molecule has 2 aliphatic rings. The largest absolute Gasteiger partial charge is 0.493 e. The number of ether oxygens (including phenoxy) is 2. The topological polar surface area (TPSA) is 59.0 Å². The van der Waals surface area contributed by atoms with Gasteiger partial charge >= 0.3 is 0 Å². The van der Waals surface area contributed by atoms with E-state index in [1.165, 1.54) is 0 Å². The van der Waals surface area contributed by atoms with E-state index in [0.717, 1.165) is 11.1 Å². The van der Waals surface area contributed by atoms with Crippen molar-refractivity contribution in [2.24, 2.45) is 0 Å². The predicted molar refractivity (Wildman–Crippen MR) is 97.7 cm³/mol. The van der Waals surface area contributed by atoms with Crippen LogP contribution < -0.4 is 9.47 Å². The highest BCUT2D eigenvalue weighted by Gasteiger charge is 2.59. The van der Waals surface area contributed by atoms with Gasteiger partial charge in [0.15, 0.2) is 17.2 Å². The molecule has 0 aromatic heterocycles. The highest BCUT2D eigenvalue weighted by molar-refractivity contribution is 5.98. The Hall–Kier alpha value is -2.53. The zero-order valence-electron chi connectivity index (χ0n) is 15.5. The third-order valence-corrected chi connectivity index (χ3v) is 5.93. The number of fused-ring (bicyclic) bond motifs is 4. The molecule has 4 rings (SSSR count). The molecule has 0 radical (unpaired) electrons. The number of hydrogen-bond donors (Lipinski definition) is 1. The van der Waals surface area contributed by atoms with Crippen molar-refractivity contribution >= 4 is 5.91 Å². The Labute approximate surface area is 153 Å². The third-order valence-electron chi connectivity index (χ3n) is 5.93. The van der Waals surface area contributed by atoms with Crippen molar-refractivity contribution in [1.29, 1.82) is 0 Å². The Morgan fingerprint density at radius 3 is 2.38 bits per heavy atom. The number of methoxy groups -OCH3 is 2. The van der Waals surface area contributed by atoms with Gasteiger partial charge < -0.3 is 19.5 Å². The number of amides is 1. The lowest BCUT2D eigenvalue weighted by atomic mass is 9.64. The van der Waals surface area contributed by atoms with Crippen molar-refractivity contribution in [2.45, 2.75) is 31.4 Å². The normalized spacial score (nSPS) is 23.0. The minimum absolute atomic E-state index is 0.136. The van der Waals surface area contributed by atoms with E-state index in [9.17, 15) is 9.90 Å². The monoisotopic (exact) mass is 353 g/mol. The molecule has 2 aromatic carbocycles. The smallest absolute Gasteiger partial charge is 0.256 e. The summed E-state index contributed by atoms with van der Waals surface area (Å²) in [5.74, 6) is 1.04. The van der Waals surface area contributed by atoms with Gasteiger partial charge in [0.25, 0.3) is 5.91 Å². The van der Waals surface area contributed by atoms with Crippen LogP contribution in [-0.4, -0.2) is 36.7 Å². The maximum atomic E-state index is 13.1. The van der Waals surface area contributed by atoms with Crippen LogP contribution in [0.15, 0.2) is 36.4 Å². The first-order chi connectivity index (χ1) is 12.4. The second-order valence-corrected chi connectivity index (χ2v) is 7.41. The summed E-state index contributed by atoms with van der Waals surface area (Å²) in [6.45, 7) is 4.42. The van der Waals surface area contributed by atoms with Crippen LogP contribution in [0, 0.1) is 0 Å². The van der Waals surface area contributed by atoms with Crippen LogP contribution >= 0.6 is 0 Å². The Kier molecular flexibility index (Phi) is 3.57. The first-order valence-corrected chi connectivity index (χ1v) is 8.75. The van der Waals surface area contributed by atoms with Crippen molar-refractivity contribution in [2.75, 3.05) is 20.8 Å². The molecule has 1 N–H and O–H groups in total. The molecule has 0 aliphatic carbocycles. The summed E-state index contributed by atoms with van der Waals surface area (Å²) in [7, 11) is 3.17. The van der Waals surface area contributed by atoms with Gasteiger partial charge in [-0.1, -0.05) is 32.0 Å². The molecule has 2 aliphatic heterocycles. The Balaban J connectivity index is 2.01. The van der Waals surface area contributed by atoms with E-state index < -0.39 is 11.1 Å². The molecular weight excluding hydrogens is 330 g/mol. The van der Waals surface area contributed by atoms with Crippen LogP contribution in [0.25, 0.3) is 0 Å². The number of nitrogens with zero attached hydrogens (tertiary/aromatic N) is 1. The summed E-state index contributed by atoms with van der Waals surface area (Å²) < 4.78 is 10.9. The minimum atomic E-state index is -1.45. The number of benzene rings is 2. The van der Waals surface area contributed by atoms with E-state index in [2.05, 4.69) is 0 Å². The molecule has 1 unspecified atom stereocenters. The standard InChI is InChI=1S/C21H23NO4/c1-20(2)15-8-6-5-7-14(15)19(23)22-10-9-13-11-17(25-3)18(26-4)12-16(13)21(20,22)24/h5-8,11-12,24H,9-10H2,1-4H3. The molecule has 5 nitrogen and oxygen atoms in total. The average Bonchev–Trinajstić information content (AvgIpc) is 2.65. The number of rotatable bonds is 2. The summed E-state index contributed by atoms with van der Waals surface area (Å²) in [6.07, 6.45) is 0.655. The van der Waals surface area contributed by atoms with E-state index in [4.69, 9.17) is 9.47 Å². The van der Waals surface area contributed by atoms with Crippen LogP contribution in [0.5, 0.6) is 11.5 Å². The second-order valence-electron chi connectivity index (χ2n) is 7.41. The van der Waals surface area contributed by atoms with Crippen LogP contribution in [0.4, 0.5) is 0 Å². The summed E-state index contributed by atoms with van der Waals surface area (Å²) in [6, 6.07) is 11.3. The maximum Gasteiger partial charge on any atom is 0.256 e. The molecule has 0 fully saturated rings. The van der Waals surface area contributed by atoms with E-state index in [-0.39, 0.29) is 5.91 Å². The fourth-order valence-corrected chi connectivity index (χ4v) is 4.46.